The second kappa shape index (κ2) is 7.34. The Bertz CT molecular complexity index is 576. The van der Waals surface area contributed by atoms with Crippen LogP contribution in [0.5, 0.6) is 0 Å². The van der Waals surface area contributed by atoms with Crippen LogP contribution in [0.25, 0.3) is 0 Å². The Morgan fingerprint density at radius 2 is 1.84 bits per heavy atom. The van der Waals surface area contributed by atoms with Gasteiger partial charge in [0.15, 0.2) is 5.79 Å². The molecule has 0 bridgehead atoms. The summed E-state index contributed by atoms with van der Waals surface area (Å²) < 4.78 is 11.5. The minimum absolute atomic E-state index is 0.102. The molecule has 1 aromatic carbocycles. The molecular weight excluding hydrogens is 316 g/mol. The number of benzene rings is 1. The lowest BCUT2D eigenvalue weighted by molar-refractivity contribution is -0.179. The van der Waals surface area contributed by atoms with Gasteiger partial charge in [-0.1, -0.05) is 30.3 Å². The Balaban J connectivity index is 1.22. The van der Waals surface area contributed by atoms with Crippen LogP contribution < -0.4 is 5.32 Å². The fraction of sp³-hybridized carbons (Fsp3) is 0.650. The van der Waals surface area contributed by atoms with Crippen LogP contribution in [-0.2, 0) is 15.9 Å². The van der Waals surface area contributed by atoms with E-state index in [2.05, 4.69) is 29.6 Å². The zero-order valence-electron chi connectivity index (χ0n) is 14.8. The molecule has 5 nitrogen and oxygen atoms in total. The molecule has 2 amide bonds. The largest absolute Gasteiger partial charge is 0.348 e. The lowest BCUT2D eigenvalue weighted by Crippen LogP contribution is -2.48. The van der Waals surface area contributed by atoms with E-state index in [1.165, 1.54) is 5.56 Å². The van der Waals surface area contributed by atoms with Crippen LogP contribution in [0.15, 0.2) is 30.3 Å². The molecule has 1 aromatic rings. The first kappa shape index (κ1) is 16.9. The number of carbonyl (C=O) groups is 1. The predicted molar refractivity (Wildman–Crippen MR) is 95.2 cm³/mol. The molecule has 1 saturated carbocycles. The van der Waals surface area contributed by atoms with Crippen molar-refractivity contribution in [3.05, 3.63) is 35.9 Å². The summed E-state index contributed by atoms with van der Waals surface area (Å²) >= 11 is 0. The molecule has 2 saturated heterocycles. The van der Waals surface area contributed by atoms with Crippen LogP contribution in [-0.4, -0.2) is 49.1 Å². The third kappa shape index (κ3) is 3.98. The molecule has 2 heterocycles. The number of ether oxygens (including phenoxy) is 2. The SMILES string of the molecule is O=C(NC1CCC2(CC1)OCCO2)N1CCC(Cc2ccccc2)C1. The van der Waals surface area contributed by atoms with Crippen LogP contribution in [0.2, 0.25) is 0 Å². The van der Waals surface area contributed by atoms with E-state index in [0.717, 1.165) is 51.6 Å². The van der Waals surface area contributed by atoms with Gasteiger partial charge in [-0.25, -0.2) is 4.79 Å². The molecule has 1 unspecified atom stereocenters. The smallest absolute Gasteiger partial charge is 0.317 e. The van der Waals surface area contributed by atoms with Crippen LogP contribution in [0, 0.1) is 5.92 Å². The van der Waals surface area contributed by atoms with Crippen LogP contribution >= 0.6 is 0 Å². The monoisotopic (exact) mass is 344 g/mol. The molecule has 0 radical (unpaired) electrons. The van der Waals surface area contributed by atoms with E-state index in [4.69, 9.17) is 9.47 Å². The van der Waals surface area contributed by atoms with Crippen molar-refractivity contribution in [2.45, 2.75) is 50.4 Å². The van der Waals surface area contributed by atoms with E-state index >= 15 is 0 Å². The van der Waals surface area contributed by atoms with E-state index in [0.29, 0.717) is 19.1 Å². The second-order valence-corrected chi connectivity index (χ2v) is 7.62. The van der Waals surface area contributed by atoms with Gasteiger partial charge < -0.3 is 19.7 Å². The Morgan fingerprint density at radius 1 is 1.12 bits per heavy atom. The normalized spacial score (nSPS) is 26.2. The van der Waals surface area contributed by atoms with Crippen molar-refractivity contribution >= 4 is 6.03 Å². The van der Waals surface area contributed by atoms with Crippen molar-refractivity contribution in [1.29, 1.82) is 0 Å². The summed E-state index contributed by atoms with van der Waals surface area (Å²) in [6, 6.07) is 10.9. The molecule has 4 rings (SSSR count). The highest BCUT2D eigenvalue weighted by molar-refractivity contribution is 5.74. The quantitative estimate of drug-likeness (QED) is 0.917. The van der Waals surface area contributed by atoms with Gasteiger partial charge in [-0.05, 0) is 37.2 Å². The zero-order chi connectivity index (χ0) is 17.1. The summed E-state index contributed by atoms with van der Waals surface area (Å²) in [6.45, 7) is 3.14. The maximum atomic E-state index is 12.6. The summed E-state index contributed by atoms with van der Waals surface area (Å²) in [5.74, 6) is 0.221. The summed E-state index contributed by atoms with van der Waals surface area (Å²) in [7, 11) is 0. The number of amides is 2. The number of rotatable bonds is 3. The number of urea groups is 1. The van der Waals surface area contributed by atoms with Gasteiger partial charge >= 0.3 is 6.03 Å². The molecule has 3 fully saturated rings. The van der Waals surface area contributed by atoms with Crippen molar-refractivity contribution in [2.75, 3.05) is 26.3 Å². The Kier molecular flexibility index (Phi) is 4.95. The van der Waals surface area contributed by atoms with E-state index in [1.807, 2.05) is 11.0 Å². The van der Waals surface area contributed by atoms with Gasteiger partial charge in [0.05, 0.1) is 13.2 Å². The first-order chi connectivity index (χ1) is 12.2. The third-order valence-electron chi connectivity index (χ3n) is 5.83. The van der Waals surface area contributed by atoms with E-state index in [-0.39, 0.29) is 17.9 Å². The van der Waals surface area contributed by atoms with Crippen LogP contribution in [0.1, 0.15) is 37.7 Å². The van der Waals surface area contributed by atoms with Crippen LogP contribution in [0.4, 0.5) is 4.79 Å². The van der Waals surface area contributed by atoms with Crippen molar-refractivity contribution in [3.63, 3.8) is 0 Å². The van der Waals surface area contributed by atoms with Crippen LogP contribution in [0.3, 0.4) is 0 Å². The van der Waals surface area contributed by atoms with Gasteiger partial charge in [0.25, 0.3) is 0 Å². The summed E-state index contributed by atoms with van der Waals surface area (Å²) in [6.07, 6.45) is 5.80. The number of hydrogen-bond acceptors (Lipinski definition) is 3. The fourth-order valence-corrected chi connectivity index (χ4v) is 4.38. The molecule has 5 heteroatoms. The average Bonchev–Trinajstić information content (AvgIpc) is 3.28. The van der Waals surface area contributed by atoms with Gasteiger partial charge in [-0.3, -0.25) is 0 Å². The Labute approximate surface area is 149 Å². The number of nitrogens with one attached hydrogen (secondary N) is 1. The van der Waals surface area contributed by atoms with Gasteiger partial charge in [0.2, 0.25) is 0 Å². The molecule has 3 aliphatic rings. The lowest BCUT2D eigenvalue weighted by atomic mass is 9.90. The van der Waals surface area contributed by atoms with E-state index in [1.54, 1.807) is 0 Å². The second-order valence-electron chi connectivity index (χ2n) is 7.62. The highest BCUT2D eigenvalue weighted by atomic mass is 16.7. The number of nitrogens with zero attached hydrogens (tertiary/aromatic N) is 1. The third-order valence-corrected chi connectivity index (χ3v) is 5.83. The summed E-state index contributed by atoms with van der Waals surface area (Å²) in [5, 5.41) is 3.23. The Hall–Kier alpha value is -1.59. The summed E-state index contributed by atoms with van der Waals surface area (Å²) in [5.41, 5.74) is 1.36. The first-order valence-electron chi connectivity index (χ1n) is 9.60. The average molecular weight is 344 g/mol. The fourth-order valence-electron chi connectivity index (χ4n) is 4.38. The minimum Gasteiger partial charge on any atom is -0.348 e. The van der Waals surface area contributed by atoms with Gasteiger partial charge in [0, 0.05) is 32.0 Å². The number of likely N-dealkylation sites (tertiary alicyclic amines) is 1. The van der Waals surface area contributed by atoms with Crippen molar-refractivity contribution in [2.24, 2.45) is 5.92 Å². The maximum Gasteiger partial charge on any atom is 0.317 e. The minimum atomic E-state index is -0.352. The van der Waals surface area contributed by atoms with Crippen molar-refractivity contribution in [3.8, 4) is 0 Å². The zero-order valence-corrected chi connectivity index (χ0v) is 14.8. The topological polar surface area (TPSA) is 50.8 Å². The van der Waals surface area contributed by atoms with Crippen molar-refractivity contribution < 1.29 is 14.3 Å². The van der Waals surface area contributed by atoms with Gasteiger partial charge in [-0.2, -0.15) is 0 Å². The molecule has 2 aliphatic heterocycles. The molecule has 1 atom stereocenters. The van der Waals surface area contributed by atoms with Gasteiger partial charge in [0.1, 0.15) is 0 Å². The highest BCUT2D eigenvalue weighted by Crippen LogP contribution is 2.35. The predicted octanol–water partition coefficient (Wildman–Crippen LogP) is 2.95. The van der Waals surface area contributed by atoms with E-state index in [9.17, 15) is 4.79 Å². The number of hydrogen-bond donors (Lipinski definition) is 1. The number of carbonyl (C=O) groups excluding carboxylic acids is 1. The highest BCUT2D eigenvalue weighted by Gasteiger charge is 2.41. The molecule has 1 N–H and O–H groups in total. The van der Waals surface area contributed by atoms with Gasteiger partial charge in [-0.15, -0.1) is 0 Å². The molecule has 25 heavy (non-hydrogen) atoms. The molecule has 1 spiro atoms. The van der Waals surface area contributed by atoms with Crippen molar-refractivity contribution in [1.82, 2.24) is 10.2 Å². The maximum absolute atomic E-state index is 12.6. The molecule has 1 aliphatic carbocycles. The first-order valence-corrected chi connectivity index (χ1v) is 9.60. The van der Waals surface area contributed by atoms with E-state index < -0.39 is 0 Å². The standard InChI is InChI=1S/C20H28N2O3/c23-19(21-18-6-9-20(10-7-18)24-12-13-25-20)22-11-8-17(15-22)14-16-4-2-1-3-5-16/h1-5,17-18H,6-15H2,(H,21,23). The lowest BCUT2D eigenvalue weighted by Gasteiger charge is -2.36. The Morgan fingerprint density at radius 3 is 2.56 bits per heavy atom. The molecule has 0 aromatic heterocycles. The molecule has 136 valence electrons. The molecular formula is C20H28N2O3. The summed E-state index contributed by atoms with van der Waals surface area (Å²) in [4.78, 5) is 14.6.